The molecule has 0 aliphatic carbocycles. The molecule has 0 radical (unpaired) electrons. The van der Waals surface area contributed by atoms with Crippen molar-refractivity contribution in [1.29, 1.82) is 0 Å². The van der Waals surface area contributed by atoms with Gasteiger partial charge in [0.05, 0.1) is 12.7 Å². The normalized spacial score (nSPS) is 27.2. The molecule has 1 aromatic heterocycles. The predicted molar refractivity (Wildman–Crippen MR) is 94.4 cm³/mol. The van der Waals surface area contributed by atoms with Crippen molar-refractivity contribution in [2.45, 2.75) is 37.9 Å². The summed E-state index contributed by atoms with van der Waals surface area (Å²) in [5.74, 6) is 1.46. The Morgan fingerprint density at radius 1 is 1.43 bits per heavy atom. The summed E-state index contributed by atoms with van der Waals surface area (Å²) in [6.45, 7) is 6.51. The number of guanidine groups is 1. The van der Waals surface area contributed by atoms with Gasteiger partial charge < -0.3 is 19.7 Å². The van der Waals surface area contributed by atoms with Gasteiger partial charge in [-0.1, -0.05) is 13.0 Å². The van der Waals surface area contributed by atoms with Crippen LogP contribution in [0.2, 0.25) is 0 Å². The Labute approximate surface area is 142 Å². The maximum Gasteiger partial charge on any atom is 0.193 e. The Hall–Kier alpha value is -1.11. The molecule has 128 valence electrons. The van der Waals surface area contributed by atoms with E-state index in [4.69, 9.17) is 9.47 Å². The van der Waals surface area contributed by atoms with Crippen LogP contribution in [0.15, 0.2) is 22.5 Å². The van der Waals surface area contributed by atoms with Crippen molar-refractivity contribution in [1.82, 2.24) is 10.2 Å². The molecule has 1 N–H and O–H groups in total. The van der Waals surface area contributed by atoms with Crippen molar-refractivity contribution in [2.24, 2.45) is 4.99 Å². The molecule has 3 unspecified atom stereocenters. The van der Waals surface area contributed by atoms with E-state index in [-0.39, 0.29) is 12.2 Å². The third kappa shape index (κ3) is 4.25. The number of aliphatic imine (C=N–C) groups is 1. The average molecular weight is 337 g/mol. The first-order valence-corrected chi connectivity index (χ1v) is 9.38. The Morgan fingerprint density at radius 2 is 2.30 bits per heavy atom. The first-order chi connectivity index (χ1) is 11.3. The molecule has 6 heteroatoms. The number of rotatable bonds is 4. The highest BCUT2D eigenvalue weighted by Gasteiger charge is 2.32. The number of hydrogen-bond donors (Lipinski definition) is 1. The third-order valence-corrected chi connectivity index (χ3v) is 5.68. The number of nitrogens with one attached hydrogen (secondary N) is 1. The molecule has 0 aromatic carbocycles. The molecule has 0 amide bonds. The molecule has 0 spiro atoms. The van der Waals surface area contributed by atoms with E-state index in [0.29, 0.717) is 5.92 Å². The van der Waals surface area contributed by atoms with Gasteiger partial charge in [-0.15, -0.1) is 11.3 Å². The lowest BCUT2D eigenvalue weighted by Gasteiger charge is -2.37. The number of hydrogen-bond acceptors (Lipinski definition) is 4. The molecule has 2 saturated heterocycles. The molecule has 5 nitrogen and oxygen atoms in total. The molecule has 3 heterocycles. The summed E-state index contributed by atoms with van der Waals surface area (Å²) in [4.78, 5) is 8.18. The van der Waals surface area contributed by atoms with Gasteiger partial charge in [0.25, 0.3) is 0 Å². The zero-order valence-electron chi connectivity index (χ0n) is 14.0. The highest BCUT2D eigenvalue weighted by atomic mass is 32.1. The second kappa shape index (κ2) is 8.13. The van der Waals surface area contributed by atoms with Crippen LogP contribution in [0.5, 0.6) is 0 Å². The van der Waals surface area contributed by atoms with Crippen molar-refractivity contribution >= 4 is 17.3 Å². The van der Waals surface area contributed by atoms with E-state index in [1.807, 2.05) is 18.4 Å². The molecule has 2 fully saturated rings. The summed E-state index contributed by atoms with van der Waals surface area (Å²) in [6, 6.07) is 4.31. The monoisotopic (exact) mass is 337 g/mol. The molecule has 3 rings (SSSR count). The van der Waals surface area contributed by atoms with Gasteiger partial charge in [0.2, 0.25) is 0 Å². The third-order valence-electron chi connectivity index (χ3n) is 4.58. The average Bonchev–Trinajstić information content (AvgIpc) is 3.29. The smallest absolute Gasteiger partial charge is 0.193 e. The number of ether oxygens (including phenoxy) is 2. The fourth-order valence-corrected chi connectivity index (χ4v) is 4.02. The maximum atomic E-state index is 5.92. The molecule has 23 heavy (non-hydrogen) atoms. The summed E-state index contributed by atoms with van der Waals surface area (Å²) in [7, 11) is 1.86. The SMILES string of the molecule is CN=C(NCC(C)c1cccs1)N1CCOC(C2CCCO2)C1. The molecule has 1 aromatic rings. The Balaban J connectivity index is 1.53. The highest BCUT2D eigenvalue weighted by molar-refractivity contribution is 7.10. The summed E-state index contributed by atoms with van der Waals surface area (Å²) in [5, 5.41) is 5.66. The van der Waals surface area contributed by atoms with Crippen LogP contribution >= 0.6 is 11.3 Å². The van der Waals surface area contributed by atoms with Crippen molar-refractivity contribution in [3.8, 4) is 0 Å². The van der Waals surface area contributed by atoms with E-state index < -0.39 is 0 Å². The van der Waals surface area contributed by atoms with Crippen LogP contribution in [-0.4, -0.2) is 63.0 Å². The van der Waals surface area contributed by atoms with Gasteiger partial charge in [-0.25, -0.2) is 0 Å². The Morgan fingerprint density at radius 3 is 3.00 bits per heavy atom. The van der Waals surface area contributed by atoms with Crippen molar-refractivity contribution < 1.29 is 9.47 Å². The second-order valence-corrected chi connectivity index (χ2v) is 7.23. The van der Waals surface area contributed by atoms with Crippen LogP contribution in [-0.2, 0) is 9.47 Å². The predicted octanol–water partition coefficient (Wildman–Crippen LogP) is 2.31. The first-order valence-electron chi connectivity index (χ1n) is 8.50. The lowest BCUT2D eigenvalue weighted by Crippen LogP contribution is -2.53. The van der Waals surface area contributed by atoms with Crippen LogP contribution in [0.4, 0.5) is 0 Å². The van der Waals surface area contributed by atoms with Crippen molar-refractivity contribution in [3.63, 3.8) is 0 Å². The standard InChI is InChI=1S/C17H27N3O2S/c1-13(16-6-4-10-23-16)11-19-17(18-2)20-7-9-22-15(12-20)14-5-3-8-21-14/h4,6,10,13-15H,3,5,7-9,11-12H2,1-2H3,(H,18,19). The quantitative estimate of drug-likeness (QED) is 0.676. The highest BCUT2D eigenvalue weighted by Crippen LogP contribution is 2.22. The van der Waals surface area contributed by atoms with E-state index in [0.717, 1.165) is 51.6 Å². The summed E-state index contributed by atoms with van der Waals surface area (Å²) in [6.07, 6.45) is 2.68. The van der Waals surface area contributed by atoms with Gasteiger partial charge in [-0.2, -0.15) is 0 Å². The van der Waals surface area contributed by atoms with E-state index in [1.54, 1.807) is 0 Å². The van der Waals surface area contributed by atoms with E-state index in [9.17, 15) is 0 Å². The zero-order chi connectivity index (χ0) is 16.1. The summed E-state index contributed by atoms with van der Waals surface area (Å²) >= 11 is 1.81. The minimum absolute atomic E-state index is 0.166. The summed E-state index contributed by atoms with van der Waals surface area (Å²) < 4.78 is 11.7. The topological polar surface area (TPSA) is 46.1 Å². The molecule has 2 aliphatic heterocycles. The van der Waals surface area contributed by atoms with Crippen LogP contribution in [0, 0.1) is 0 Å². The fraction of sp³-hybridized carbons (Fsp3) is 0.706. The van der Waals surface area contributed by atoms with E-state index in [1.165, 1.54) is 4.88 Å². The fourth-order valence-electron chi connectivity index (χ4n) is 3.24. The van der Waals surface area contributed by atoms with Crippen molar-refractivity contribution in [2.75, 3.05) is 39.9 Å². The minimum atomic E-state index is 0.166. The van der Waals surface area contributed by atoms with E-state index in [2.05, 4.69) is 39.6 Å². The Bertz CT molecular complexity index is 500. The van der Waals surface area contributed by atoms with Crippen LogP contribution < -0.4 is 5.32 Å². The molecule has 0 bridgehead atoms. The van der Waals surface area contributed by atoms with Crippen LogP contribution in [0.25, 0.3) is 0 Å². The van der Waals surface area contributed by atoms with Gasteiger partial charge in [0.1, 0.15) is 6.10 Å². The second-order valence-electron chi connectivity index (χ2n) is 6.25. The molecular formula is C17H27N3O2S. The van der Waals surface area contributed by atoms with Gasteiger partial charge in [0.15, 0.2) is 5.96 Å². The number of thiophene rings is 1. The lowest BCUT2D eigenvalue weighted by molar-refractivity contribution is -0.0816. The van der Waals surface area contributed by atoms with Gasteiger partial charge >= 0.3 is 0 Å². The molecular weight excluding hydrogens is 310 g/mol. The molecule has 2 aliphatic rings. The minimum Gasteiger partial charge on any atom is -0.375 e. The van der Waals surface area contributed by atoms with Crippen molar-refractivity contribution in [3.05, 3.63) is 22.4 Å². The maximum absolute atomic E-state index is 5.92. The first kappa shape index (κ1) is 16.7. The molecule has 0 saturated carbocycles. The van der Waals surface area contributed by atoms with E-state index >= 15 is 0 Å². The van der Waals surface area contributed by atoms with Crippen LogP contribution in [0.3, 0.4) is 0 Å². The molecule has 3 atom stereocenters. The van der Waals surface area contributed by atoms with Crippen LogP contribution in [0.1, 0.15) is 30.6 Å². The number of morpholine rings is 1. The largest absolute Gasteiger partial charge is 0.375 e. The van der Waals surface area contributed by atoms with Gasteiger partial charge in [-0.05, 0) is 24.3 Å². The lowest BCUT2D eigenvalue weighted by atomic mass is 10.1. The zero-order valence-corrected chi connectivity index (χ0v) is 14.8. The van der Waals surface area contributed by atoms with Gasteiger partial charge in [-0.3, -0.25) is 4.99 Å². The number of nitrogens with zero attached hydrogens (tertiary/aromatic N) is 2. The summed E-state index contributed by atoms with van der Waals surface area (Å²) in [5.41, 5.74) is 0. The Kier molecular flexibility index (Phi) is 5.91. The van der Waals surface area contributed by atoms with Gasteiger partial charge in [0, 0.05) is 44.1 Å².